The molecule has 0 bridgehead atoms. The number of benzene rings is 4. The van der Waals surface area contributed by atoms with Gasteiger partial charge < -0.3 is 4.74 Å². The minimum absolute atomic E-state index is 0.0421. The number of thioether (sulfide) groups is 1. The van der Waals surface area contributed by atoms with Crippen LogP contribution in [-0.2, 0) is 16.6 Å². The van der Waals surface area contributed by atoms with Gasteiger partial charge in [0.2, 0.25) is 5.91 Å². The van der Waals surface area contributed by atoms with Crippen molar-refractivity contribution in [3.8, 4) is 22.7 Å². The number of amides is 1. The molecule has 1 saturated carbocycles. The number of carbonyl (C=O) groups excluding carboxylic acids is 1. The van der Waals surface area contributed by atoms with Gasteiger partial charge in [-0.1, -0.05) is 91.7 Å². The second-order valence-corrected chi connectivity index (χ2v) is 12.8. The number of ether oxygens (including phenoxy) is 1. The number of aromatic nitrogens is 2. The van der Waals surface area contributed by atoms with Gasteiger partial charge in [-0.3, -0.25) is 19.1 Å². The lowest BCUT2D eigenvalue weighted by molar-refractivity contribution is -0.115. The van der Waals surface area contributed by atoms with E-state index in [1.165, 1.54) is 23.7 Å². The van der Waals surface area contributed by atoms with Crippen molar-refractivity contribution in [1.29, 1.82) is 0 Å². The lowest BCUT2D eigenvalue weighted by Crippen LogP contribution is -2.43. The van der Waals surface area contributed by atoms with E-state index in [1.54, 1.807) is 16.6 Å². The molecule has 1 fully saturated rings. The van der Waals surface area contributed by atoms with Crippen molar-refractivity contribution in [2.24, 2.45) is 0 Å². The van der Waals surface area contributed by atoms with Gasteiger partial charge in [0.15, 0.2) is 5.16 Å². The van der Waals surface area contributed by atoms with Crippen LogP contribution in [0, 0.1) is 0 Å². The van der Waals surface area contributed by atoms with Gasteiger partial charge in [-0.05, 0) is 73.4 Å². The van der Waals surface area contributed by atoms with Gasteiger partial charge in [0.25, 0.3) is 5.56 Å². The maximum absolute atomic E-state index is 14.9. The molecule has 1 amide bonds. The van der Waals surface area contributed by atoms with Crippen LogP contribution in [0.4, 0.5) is 11.4 Å². The molecule has 226 valence electrons. The van der Waals surface area contributed by atoms with Crippen molar-refractivity contribution in [3.05, 3.63) is 131 Å². The Morgan fingerprint density at radius 2 is 1.47 bits per heavy atom. The highest BCUT2D eigenvalue weighted by Gasteiger charge is 2.43. The first-order valence-electron chi connectivity index (χ1n) is 15.5. The van der Waals surface area contributed by atoms with E-state index in [1.807, 2.05) is 91.0 Å². The van der Waals surface area contributed by atoms with Gasteiger partial charge in [-0.25, -0.2) is 4.98 Å². The summed E-state index contributed by atoms with van der Waals surface area (Å²) in [4.78, 5) is 35.9. The average Bonchev–Trinajstić information content (AvgIpc) is 3.09. The molecular formula is C38H35N3O3S. The summed E-state index contributed by atoms with van der Waals surface area (Å²) in [5.41, 5.74) is 5.85. The van der Waals surface area contributed by atoms with Crippen LogP contribution in [0.2, 0.25) is 0 Å². The predicted molar refractivity (Wildman–Crippen MR) is 181 cm³/mol. The molecular weight excluding hydrogens is 579 g/mol. The maximum atomic E-state index is 14.9. The van der Waals surface area contributed by atoms with Crippen molar-refractivity contribution in [2.75, 3.05) is 17.8 Å². The highest BCUT2D eigenvalue weighted by Crippen LogP contribution is 2.49. The number of hydrogen-bond donors (Lipinski definition) is 0. The van der Waals surface area contributed by atoms with Crippen LogP contribution in [0.5, 0.6) is 5.75 Å². The molecule has 5 aromatic rings. The smallest absolute Gasteiger partial charge is 0.263 e. The zero-order valence-corrected chi connectivity index (χ0v) is 26.1. The summed E-state index contributed by atoms with van der Waals surface area (Å²) in [7, 11) is 1.63. The number of nitrogens with zero attached hydrogens (tertiary/aromatic N) is 3. The molecule has 0 saturated heterocycles. The molecule has 4 aromatic carbocycles. The summed E-state index contributed by atoms with van der Waals surface area (Å²) < 4.78 is 7.13. The predicted octanol–water partition coefficient (Wildman–Crippen LogP) is 8.12. The Morgan fingerprint density at radius 1 is 0.844 bits per heavy atom. The first-order valence-corrected chi connectivity index (χ1v) is 16.5. The normalized spacial score (nSPS) is 14.8. The zero-order chi connectivity index (χ0) is 30.8. The molecule has 7 heteroatoms. The van der Waals surface area contributed by atoms with Crippen molar-refractivity contribution in [1.82, 2.24) is 9.55 Å². The quantitative estimate of drug-likeness (QED) is 0.137. The van der Waals surface area contributed by atoms with Crippen molar-refractivity contribution < 1.29 is 9.53 Å². The van der Waals surface area contributed by atoms with E-state index in [-0.39, 0.29) is 22.6 Å². The molecule has 0 unspecified atom stereocenters. The first kappa shape index (κ1) is 29.1. The number of anilines is 2. The molecule has 2 aliphatic carbocycles. The Hall–Kier alpha value is -4.62. The zero-order valence-electron chi connectivity index (χ0n) is 25.3. The Labute approximate surface area is 267 Å². The summed E-state index contributed by atoms with van der Waals surface area (Å²) in [5, 5.41) is 0.501. The number of rotatable bonds is 7. The molecule has 0 aliphatic heterocycles. The summed E-state index contributed by atoms with van der Waals surface area (Å²) in [6.07, 6.45) is 6.19. The van der Waals surface area contributed by atoms with Gasteiger partial charge in [-0.2, -0.15) is 0 Å². The monoisotopic (exact) mass is 613 g/mol. The number of para-hydroxylation sites is 2. The lowest BCUT2D eigenvalue weighted by Gasteiger charge is -2.42. The molecule has 0 radical (unpaired) electrons. The van der Waals surface area contributed by atoms with Gasteiger partial charge in [-0.15, -0.1) is 0 Å². The van der Waals surface area contributed by atoms with E-state index in [4.69, 9.17) is 9.72 Å². The van der Waals surface area contributed by atoms with Crippen molar-refractivity contribution >= 4 is 29.0 Å². The van der Waals surface area contributed by atoms with Crippen LogP contribution in [0.25, 0.3) is 16.9 Å². The van der Waals surface area contributed by atoms with Crippen LogP contribution in [0.1, 0.15) is 43.2 Å². The van der Waals surface area contributed by atoms with Gasteiger partial charge in [0.1, 0.15) is 5.75 Å². The van der Waals surface area contributed by atoms with Crippen LogP contribution in [-0.4, -0.2) is 28.3 Å². The van der Waals surface area contributed by atoms with E-state index < -0.39 is 0 Å². The van der Waals surface area contributed by atoms with Gasteiger partial charge in [0.05, 0.1) is 29.8 Å². The fraction of sp³-hybridized carbons (Fsp3) is 0.237. The number of methoxy groups -OCH3 is 1. The Morgan fingerprint density at radius 3 is 2.11 bits per heavy atom. The van der Waals surface area contributed by atoms with E-state index in [0.29, 0.717) is 16.6 Å². The van der Waals surface area contributed by atoms with Gasteiger partial charge in [0, 0.05) is 22.4 Å². The maximum Gasteiger partial charge on any atom is 0.263 e. The Balaban J connectivity index is 1.36. The largest absolute Gasteiger partial charge is 0.497 e. The SMILES string of the molecule is COc1ccc(-n2c(SCC(=O)N(c3ccccc3)c3ccccc3)nc3c(c2=O)C2(CCCCC2)Cc2ccccc2-3)cc1. The Kier molecular flexibility index (Phi) is 8.03. The fourth-order valence-corrected chi connectivity index (χ4v) is 7.88. The fourth-order valence-electron chi connectivity index (χ4n) is 7.03. The summed E-state index contributed by atoms with van der Waals surface area (Å²) in [5.74, 6) is 0.703. The molecule has 45 heavy (non-hydrogen) atoms. The van der Waals surface area contributed by atoms with E-state index >= 15 is 0 Å². The molecule has 2 aliphatic rings. The first-order chi connectivity index (χ1) is 22.1. The minimum atomic E-state index is -0.239. The molecule has 1 aromatic heterocycles. The second-order valence-electron chi connectivity index (χ2n) is 11.8. The highest BCUT2D eigenvalue weighted by atomic mass is 32.2. The lowest BCUT2D eigenvalue weighted by atomic mass is 9.62. The minimum Gasteiger partial charge on any atom is -0.497 e. The molecule has 1 heterocycles. The topological polar surface area (TPSA) is 64.4 Å². The van der Waals surface area contributed by atoms with Crippen LogP contribution in [0.15, 0.2) is 119 Å². The third-order valence-corrected chi connectivity index (χ3v) is 10.1. The molecule has 7 rings (SSSR count). The van der Waals surface area contributed by atoms with Crippen molar-refractivity contribution in [2.45, 2.75) is 49.1 Å². The van der Waals surface area contributed by atoms with Gasteiger partial charge >= 0.3 is 0 Å². The van der Waals surface area contributed by atoms with E-state index in [0.717, 1.165) is 60.3 Å². The van der Waals surface area contributed by atoms with Crippen LogP contribution >= 0.6 is 11.8 Å². The van der Waals surface area contributed by atoms with Crippen LogP contribution in [0.3, 0.4) is 0 Å². The summed E-state index contributed by atoms with van der Waals surface area (Å²) in [6, 6.07) is 35.2. The summed E-state index contributed by atoms with van der Waals surface area (Å²) >= 11 is 1.30. The number of fused-ring (bicyclic) bond motifs is 4. The van der Waals surface area contributed by atoms with Crippen molar-refractivity contribution in [3.63, 3.8) is 0 Å². The molecule has 0 atom stereocenters. The number of hydrogen-bond acceptors (Lipinski definition) is 5. The molecule has 1 spiro atoms. The number of carbonyl (C=O) groups is 1. The van der Waals surface area contributed by atoms with Crippen LogP contribution < -0.4 is 15.2 Å². The molecule has 6 nitrogen and oxygen atoms in total. The van der Waals surface area contributed by atoms with E-state index in [2.05, 4.69) is 18.2 Å². The Bertz CT molecular complexity index is 1840. The highest BCUT2D eigenvalue weighted by molar-refractivity contribution is 7.99. The van der Waals surface area contributed by atoms with E-state index in [9.17, 15) is 9.59 Å². The third-order valence-electron chi connectivity index (χ3n) is 9.13. The summed E-state index contributed by atoms with van der Waals surface area (Å²) in [6.45, 7) is 0. The second kappa shape index (κ2) is 12.4. The average molecular weight is 614 g/mol. The molecule has 0 N–H and O–H groups in total. The third kappa shape index (κ3) is 5.46. The standard InChI is InChI=1S/C38H35N3O3S/c1-44-31-21-19-30(20-22-31)41-36(43)34-35(32-18-10-9-13-27(32)25-38(34)23-11-4-12-24-38)39-37(41)45-26-33(42)40(28-14-5-2-6-15-28)29-16-7-3-8-17-29/h2-3,5-10,13-22H,4,11-12,23-26H2,1H3.